The van der Waals surface area contributed by atoms with E-state index in [2.05, 4.69) is 0 Å². The van der Waals surface area contributed by atoms with Gasteiger partial charge in [-0.2, -0.15) is 8.42 Å². The van der Waals surface area contributed by atoms with Gasteiger partial charge in [-0.1, -0.05) is 64.6 Å². The van der Waals surface area contributed by atoms with Gasteiger partial charge in [-0.3, -0.25) is 4.55 Å². The summed E-state index contributed by atoms with van der Waals surface area (Å²) in [6.07, 6.45) is 0. The van der Waals surface area contributed by atoms with Gasteiger partial charge in [-0.25, -0.2) is 0 Å². The number of halogens is 4. The summed E-state index contributed by atoms with van der Waals surface area (Å²) in [6.45, 7) is 0. The Balaban J connectivity index is 2.60. The molecule has 3 N–H and O–H groups in total. The lowest BCUT2D eigenvalue weighted by molar-refractivity contribution is 0.455. The molecule has 29 heavy (non-hydrogen) atoms. The molecule has 5 nitrogen and oxygen atoms in total. The maximum absolute atomic E-state index is 13.0. The van der Waals surface area contributed by atoms with E-state index in [4.69, 9.17) is 46.4 Å². The molecule has 3 rings (SSSR count). The molecule has 10 heteroatoms. The fraction of sp³-hybridized carbons (Fsp3) is 0.0526. The highest BCUT2D eigenvalue weighted by Crippen LogP contribution is 2.50. The van der Waals surface area contributed by atoms with Crippen molar-refractivity contribution in [2.24, 2.45) is 0 Å². The molecule has 0 spiro atoms. The number of hydrogen-bond donors (Lipinski definition) is 3. The summed E-state index contributed by atoms with van der Waals surface area (Å²) in [5, 5.41) is 20.0. The van der Waals surface area contributed by atoms with Crippen molar-refractivity contribution in [3.05, 3.63) is 91.4 Å². The van der Waals surface area contributed by atoms with Gasteiger partial charge < -0.3 is 10.2 Å². The summed E-state index contributed by atoms with van der Waals surface area (Å²) in [7, 11) is -5.06. The van der Waals surface area contributed by atoms with E-state index in [-0.39, 0.29) is 42.5 Å². The number of rotatable bonds is 4. The number of phenols is 2. The van der Waals surface area contributed by atoms with Crippen LogP contribution in [0.5, 0.6) is 11.5 Å². The van der Waals surface area contributed by atoms with Crippen LogP contribution in [0.2, 0.25) is 20.1 Å². The van der Waals surface area contributed by atoms with Gasteiger partial charge >= 0.3 is 0 Å². The average molecular weight is 494 g/mol. The molecule has 0 radical (unpaired) electrons. The molecule has 3 aromatic rings. The smallest absolute Gasteiger partial charge is 0.283 e. The Bertz CT molecular complexity index is 1210. The molecule has 0 saturated carbocycles. The molecule has 0 heterocycles. The molecule has 152 valence electrons. The molecule has 0 amide bonds. The van der Waals surface area contributed by atoms with Crippen molar-refractivity contribution in [1.29, 1.82) is 0 Å². The Hall–Kier alpha value is -1.67. The van der Waals surface area contributed by atoms with Crippen LogP contribution in [0, 0.1) is 0 Å². The Morgan fingerprint density at radius 3 is 2.03 bits per heavy atom. The van der Waals surface area contributed by atoms with Gasteiger partial charge in [0.05, 0.1) is 15.1 Å². The second kappa shape index (κ2) is 7.87. The Labute approximate surface area is 186 Å². The van der Waals surface area contributed by atoms with Crippen LogP contribution in [-0.2, 0) is 14.9 Å². The Morgan fingerprint density at radius 2 is 1.45 bits per heavy atom. The minimum atomic E-state index is -5.06. The third-order valence-corrected chi connectivity index (χ3v) is 7.18. The molecule has 0 bridgehead atoms. The van der Waals surface area contributed by atoms with E-state index >= 15 is 0 Å². The van der Waals surface area contributed by atoms with Crippen molar-refractivity contribution >= 4 is 56.5 Å². The van der Waals surface area contributed by atoms with Gasteiger partial charge in [0.1, 0.15) is 11.5 Å². The first-order chi connectivity index (χ1) is 13.5. The second-order valence-corrected chi connectivity index (χ2v) is 9.31. The van der Waals surface area contributed by atoms with Crippen LogP contribution in [0.4, 0.5) is 0 Å². The van der Waals surface area contributed by atoms with E-state index in [0.29, 0.717) is 0 Å². The van der Waals surface area contributed by atoms with Crippen molar-refractivity contribution < 1.29 is 23.2 Å². The topological polar surface area (TPSA) is 94.8 Å². The summed E-state index contributed by atoms with van der Waals surface area (Å²) in [6, 6.07) is 11.5. The summed E-state index contributed by atoms with van der Waals surface area (Å²) >= 11 is 24.4. The van der Waals surface area contributed by atoms with Gasteiger partial charge in [0.15, 0.2) is 4.75 Å². The summed E-state index contributed by atoms with van der Waals surface area (Å²) < 4.78 is 34.0. The lowest BCUT2D eigenvalue weighted by Gasteiger charge is -2.33. The predicted molar refractivity (Wildman–Crippen MR) is 114 cm³/mol. The highest BCUT2D eigenvalue weighted by atomic mass is 35.5. The zero-order valence-electron chi connectivity index (χ0n) is 14.3. The first kappa shape index (κ1) is 22.0. The van der Waals surface area contributed by atoms with Crippen LogP contribution < -0.4 is 0 Å². The SMILES string of the molecule is O=S(=O)(O)C(c1cccc(Cl)c1)(c1ccc(Cl)c(O)c1)c1cc(O)cc(Cl)c1Cl. The van der Waals surface area contributed by atoms with Crippen LogP contribution in [0.15, 0.2) is 54.6 Å². The quantitative estimate of drug-likeness (QED) is 0.311. The van der Waals surface area contributed by atoms with Crippen molar-refractivity contribution in [3.8, 4) is 11.5 Å². The normalized spacial score (nSPS) is 13.8. The molecular weight excluding hydrogens is 482 g/mol. The summed E-state index contributed by atoms with van der Waals surface area (Å²) in [5.41, 5.74) is -0.346. The Morgan fingerprint density at radius 1 is 0.793 bits per heavy atom. The average Bonchev–Trinajstić information content (AvgIpc) is 2.61. The Kier molecular flexibility index (Phi) is 5.98. The van der Waals surface area contributed by atoms with Gasteiger partial charge in [-0.05, 0) is 41.5 Å². The first-order valence-electron chi connectivity index (χ1n) is 7.89. The van der Waals surface area contributed by atoms with E-state index in [9.17, 15) is 23.2 Å². The zero-order chi connectivity index (χ0) is 21.6. The molecule has 0 saturated heterocycles. The van der Waals surface area contributed by atoms with E-state index in [0.717, 1.165) is 18.2 Å². The van der Waals surface area contributed by atoms with E-state index in [1.807, 2.05) is 0 Å². The third kappa shape index (κ3) is 3.77. The molecule has 0 aromatic heterocycles. The molecule has 3 aromatic carbocycles. The number of hydrogen-bond acceptors (Lipinski definition) is 4. The number of aromatic hydroxyl groups is 2. The lowest BCUT2D eigenvalue weighted by atomic mass is 9.83. The van der Waals surface area contributed by atoms with Crippen molar-refractivity contribution in [2.45, 2.75) is 4.75 Å². The second-order valence-electron chi connectivity index (χ2n) is 6.12. The fourth-order valence-corrected chi connectivity index (χ4v) is 5.30. The van der Waals surface area contributed by atoms with E-state index in [1.165, 1.54) is 36.4 Å². The maximum atomic E-state index is 13.0. The van der Waals surface area contributed by atoms with Crippen LogP contribution in [-0.4, -0.2) is 23.2 Å². The molecule has 1 unspecified atom stereocenters. The summed E-state index contributed by atoms with van der Waals surface area (Å²) in [5.74, 6) is -0.816. The largest absolute Gasteiger partial charge is 0.508 e. The minimum absolute atomic E-state index is 0.00205. The number of benzene rings is 3. The van der Waals surface area contributed by atoms with Gasteiger partial charge in [0.2, 0.25) is 0 Å². The zero-order valence-corrected chi connectivity index (χ0v) is 18.1. The van der Waals surface area contributed by atoms with Gasteiger partial charge in [0, 0.05) is 16.7 Å². The molecule has 1 atom stereocenters. The van der Waals surface area contributed by atoms with Gasteiger partial charge in [0.25, 0.3) is 10.1 Å². The third-order valence-electron chi connectivity index (χ3n) is 4.36. The van der Waals surface area contributed by atoms with E-state index < -0.39 is 20.6 Å². The lowest BCUT2D eigenvalue weighted by Crippen LogP contribution is -2.38. The standard InChI is InChI=1S/C19H12Cl4O5S/c20-12-3-1-2-10(6-12)19(29(26,27)28,11-4-5-15(21)17(25)7-11)14-8-13(24)9-16(22)18(14)23/h1-9,24-25H,(H,26,27,28). The molecule has 0 aliphatic carbocycles. The monoisotopic (exact) mass is 492 g/mol. The molecule has 0 aliphatic heterocycles. The van der Waals surface area contributed by atoms with Gasteiger partial charge in [-0.15, -0.1) is 0 Å². The minimum Gasteiger partial charge on any atom is -0.508 e. The highest BCUT2D eigenvalue weighted by molar-refractivity contribution is 7.87. The first-order valence-corrected chi connectivity index (χ1v) is 10.8. The fourth-order valence-electron chi connectivity index (χ4n) is 3.18. The van der Waals surface area contributed by atoms with Crippen LogP contribution in [0.1, 0.15) is 16.7 Å². The van der Waals surface area contributed by atoms with Crippen LogP contribution in [0.3, 0.4) is 0 Å². The molecule has 0 fully saturated rings. The molecular formula is C19H12Cl4O5S. The van der Waals surface area contributed by atoms with Crippen molar-refractivity contribution in [2.75, 3.05) is 0 Å². The predicted octanol–water partition coefficient (Wildman–Crippen LogP) is 5.89. The molecule has 0 aliphatic rings. The number of phenolic OH excluding ortho intramolecular Hbond substituents is 2. The van der Waals surface area contributed by atoms with Crippen molar-refractivity contribution in [3.63, 3.8) is 0 Å². The van der Waals surface area contributed by atoms with Crippen LogP contribution in [0.25, 0.3) is 0 Å². The van der Waals surface area contributed by atoms with E-state index in [1.54, 1.807) is 0 Å². The maximum Gasteiger partial charge on any atom is 0.283 e. The summed E-state index contributed by atoms with van der Waals surface area (Å²) in [4.78, 5) is 0. The highest BCUT2D eigenvalue weighted by Gasteiger charge is 2.50. The van der Waals surface area contributed by atoms with Crippen molar-refractivity contribution in [1.82, 2.24) is 0 Å². The van der Waals surface area contributed by atoms with Crippen LogP contribution >= 0.6 is 46.4 Å².